The quantitative estimate of drug-likeness (QED) is 0.636. The SMILES string of the molecule is CCOc1ccccc1S(=O)(=O)N1CCC(Oc2cccc3cccnc23)C1. The molecule has 0 aliphatic carbocycles. The average Bonchev–Trinajstić information content (AvgIpc) is 3.18. The molecule has 4 rings (SSSR count). The van der Waals surface area contributed by atoms with E-state index in [0.29, 0.717) is 37.6 Å². The van der Waals surface area contributed by atoms with E-state index in [1.807, 2.05) is 37.3 Å². The van der Waals surface area contributed by atoms with Gasteiger partial charge in [0.25, 0.3) is 0 Å². The van der Waals surface area contributed by atoms with Gasteiger partial charge in [0.1, 0.15) is 28.0 Å². The smallest absolute Gasteiger partial charge is 0.246 e. The Morgan fingerprint density at radius 3 is 2.71 bits per heavy atom. The van der Waals surface area contributed by atoms with E-state index in [-0.39, 0.29) is 11.0 Å². The van der Waals surface area contributed by atoms with E-state index in [4.69, 9.17) is 9.47 Å². The molecule has 0 N–H and O–H groups in total. The van der Waals surface area contributed by atoms with Gasteiger partial charge >= 0.3 is 0 Å². The lowest BCUT2D eigenvalue weighted by Gasteiger charge is -2.19. The summed E-state index contributed by atoms with van der Waals surface area (Å²) in [5, 5.41) is 0.994. The van der Waals surface area contributed by atoms with Crippen molar-refractivity contribution in [2.75, 3.05) is 19.7 Å². The zero-order valence-electron chi connectivity index (χ0n) is 15.6. The van der Waals surface area contributed by atoms with Crippen molar-refractivity contribution in [3.8, 4) is 11.5 Å². The first-order chi connectivity index (χ1) is 13.6. The summed E-state index contributed by atoms with van der Waals surface area (Å²) in [6.45, 7) is 2.95. The molecule has 0 spiro atoms. The molecule has 0 amide bonds. The van der Waals surface area contributed by atoms with Gasteiger partial charge in [0.05, 0.1) is 13.2 Å². The molecular weight excluding hydrogens is 376 g/mol. The van der Waals surface area contributed by atoms with E-state index in [2.05, 4.69) is 4.98 Å². The Hall–Kier alpha value is -2.64. The summed E-state index contributed by atoms with van der Waals surface area (Å²) in [4.78, 5) is 4.60. The minimum absolute atomic E-state index is 0.198. The lowest BCUT2D eigenvalue weighted by Crippen LogP contribution is -2.31. The number of hydrogen-bond donors (Lipinski definition) is 0. The van der Waals surface area contributed by atoms with Crippen molar-refractivity contribution >= 4 is 20.9 Å². The van der Waals surface area contributed by atoms with Gasteiger partial charge in [-0.15, -0.1) is 0 Å². The van der Waals surface area contributed by atoms with Crippen LogP contribution in [0.2, 0.25) is 0 Å². The predicted octanol–water partition coefficient (Wildman–Crippen LogP) is 3.48. The number of ether oxygens (including phenoxy) is 2. The molecule has 1 fully saturated rings. The molecule has 1 saturated heterocycles. The van der Waals surface area contributed by atoms with Gasteiger partial charge < -0.3 is 9.47 Å². The highest BCUT2D eigenvalue weighted by Crippen LogP contribution is 2.31. The second kappa shape index (κ2) is 7.77. The molecule has 2 heterocycles. The van der Waals surface area contributed by atoms with Crippen LogP contribution < -0.4 is 9.47 Å². The van der Waals surface area contributed by atoms with Crippen molar-refractivity contribution in [1.29, 1.82) is 0 Å². The van der Waals surface area contributed by atoms with Crippen molar-refractivity contribution in [2.24, 2.45) is 0 Å². The molecule has 1 atom stereocenters. The molecular formula is C21H22N2O4S. The summed E-state index contributed by atoms with van der Waals surface area (Å²) in [5.74, 6) is 1.06. The van der Waals surface area contributed by atoms with Crippen LogP contribution in [0.25, 0.3) is 10.9 Å². The maximum absolute atomic E-state index is 13.1. The summed E-state index contributed by atoms with van der Waals surface area (Å²) < 4.78 is 39.3. The van der Waals surface area contributed by atoms with Gasteiger partial charge in [0, 0.05) is 18.1 Å². The van der Waals surface area contributed by atoms with Gasteiger partial charge in [-0.1, -0.05) is 30.3 Å². The highest BCUT2D eigenvalue weighted by molar-refractivity contribution is 7.89. The number of sulfonamides is 1. The van der Waals surface area contributed by atoms with E-state index in [1.54, 1.807) is 30.5 Å². The van der Waals surface area contributed by atoms with Crippen LogP contribution in [-0.4, -0.2) is 43.5 Å². The zero-order valence-corrected chi connectivity index (χ0v) is 16.4. The molecule has 0 bridgehead atoms. The Labute approximate surface area is 164 Å². The normalized spacial score (nSPS) is 17.7. The first kappa shape index (κ1) is 18.7. The number of benzene rings is 2. The van der Waals surface area contributed by atoms with Crippen LogP contribution in [0.1, 0.15) is 13.3 Å². The van der Waals surface area contributed by atoms with Gasteiger partial charge in [-0.2, -0.15) is 4.31 Å². The molecule has 1 unspecified atom stereocenters. The molecule has 0 radical (unpaired) electrons. The summed E-state index contributed by atoms with van der Waals surface area (Å²) in [5.41, 5.74) is 0.785. The van der Waals surface area contributed by atoms with Crippen molar-refractivity contribution in [2.45, 2.75) is 24.3 Å². The Bertz CT molecular complexity index is 1080. The Morgan fingerprint density at radius 1 is 1.07 bits per heavy atom. The molecule has 7 heteroatoms. The topological polar surface area (TPSA) is 68.7 Å². The number of aromatic nitrogens is 1. The molecule has 1 aromatic heterocycles. The van der Waals surface area contributed by atoms with E-state index < -0.39 is 10.0 Å². The third-order valence-electron chi connectivity index (χ3n) is 4.76. The Kier molecular flexibility index (Phi) is 5.19. The number of nitrogens with zero attached hydrogens (tertiary/aromatic N) is 2. The number of hydrogen-bond acceptors (Lipinski definition) is 5. The summed E-state index contributed by atoms with van der Waals surface area (Å²) in [7, 11) is -3.65. The van der Waals surface area contributed by atoms with Gasteiger partial charge in [0.15, 0.2) is 0 Å². The lowest BCUT2D eigenvalue weighted by atomic mass is 10.2. The monoisotopic (exact) mass is 398 g/mol. The largest absolute Gasteiger partial charge is 0.492 e. The number of pyridine rings is 1. The number of para-hydroxylation sites is 2. The van der Waals surface area contributed by atoms with Crippen molar-refractivity contribution < 1.29 is 17.9 Å². The fourth-order valence-electron chi connectivity index (χ4n) is 3.44. The Morgan fingerprint density at radius 2 is 1.86 bits per heavy atom. The second-order valence-corrected chi connectivity index (χ2v) is 8.51. The molecule has 146 valence electrons. The standard InChI is InChI=1S/C21H22N2O4S/c1-2-26-18-9-3-4-11-20(18)28(24,25)23-14-12-17(15-23)27-19-10-5-7-16-8-6-13-22-21(16)19/h3-11,13,17H,2,12,14-15H2,1H3. The third-order valence-corrected chi connectivity index (χ3v) is 6.67. The van der Waals surface area contributed by atoms with Gasteiger partial charge in [0.2, 0.25) is 10.0 Å². The Balaban J connectivity index is 1.54. The van der Waals surface area contributed by atoms with Crippen LogP contribution in [0.4, 0.5) is 0 Å². The van der Waals surface area contributed by atoms with Crippen LogP contribution >= 0.6 is 0 Å². The molecule has 0 saturated carbocycles. The van der Waals surface area contributed by atoms with Crippen molar-refractivity contribution in [1.82, 2.24) is 9.29 Å². The fourth-order valence-corrected chi connectivity index (χ4v) is 5.06. The molecule has 28 heavy (non-hydrogen) atoms. The summed E-state index contributed by atoms with van der Waals surface area (Å²) in [6, 6.07) is 16.4. The third kappa shape index (κ3) is 3.55. The first-order valence-corrected chi connectivity index (χ1v) is 10.8. The van der Waals surface area contributed by atoms with Crippen molar-refractivity contribution in [3.05, 3.63) is 60.8 Å². The highest BCUT2D eigenvalue weighted by Gasteiger charge is 2.35. The molecule has 6 nitrogen and oxygen atoms in total. The van der Waals surface area contributed by atoms with E-state index in [9.17, 15) is 8.42 Å². The van der Waals surface area contributed by atoms with E-state index in [0.717, 1.165) is 10.9 Å². The molecule has 1 aliphatic heterocycles. The fraction of sp³-hybridized carbons (Fsp3) is 0.286. The number of fused-ring (bicyclic) bond motifs is 1. The summed E-state index contributed by atoms with van der Waals surface area (Å²) >= 11 is 0. The highest BCUT2D eigenvalue weighted by atomic mass is 32.2. The van der Waals surface area contributed by atoms with Crippen LogP contribution in [0, 0.1) is 0 Å². The molecule has 1 aliphatic rings. The predicted molar refractivity (Wildman–Crippen MR) is 107 cm³/mol. The van der Waals surface area contributed by atoms with Gasteiger partial charge in [-0.25, -0.2) is 8.42 Å². The molecule has 2 aromatic carbocycles. The van der Waals surface area contributed by atoms with Crippen LogP contribution in [0.5, 0.6) is 11.5 Å². The van der Waals surface area contributed by atoms with E-state index in [1.165, 1.54) is 4.31 Å². The zero-order chi connectivity index (χ0) is 19.6. The van der Waals surface area contributed by atoms with Crippen LogP contribution in [-0.2, 0) is 10.0 Å². The number of rotatable bonds is 6. The van der Waals surface area contributed by atoms with E-state index >= 15 is 0 Å². The molecule has 3 aromatic rings. The van der Waals surface area contributed by atoms with Crippen molar-refractivity contribution in [3.63, 3.8) is 0 Å². The van der Waals surface area contributed by atoms with Gasteiger partial charge in [-0.3, -0.25) is 4.98 Å². The van der Waals surface area contributed by atoms with Gasteiger partial charge in [-0.05, 0) is 37.6 Å². The maximum Gasteiger partial charge on any atom is 0.246 e. The first-order valence-electron chi connectivity index (χ1n) is 9.32. The maximum atomic E-state index is 13.1. The average molecular weight is 398 g/mol. The minimum Gasteiger partial charge on any atom is -0.492 e. The second-order valence-electron chi connectivity index (χ2n) is 6.60. The lowest BCUT2D eigenvalue weighted by molar-refractivity contribution is 0.218. The summed E-state index contributed by atoms with van der Waals surface area (Å²) in [6.07, 6.45) is 2.13. The minimum atomic E-state index is -3.65. The van der Waals surface area contributed by atoms with Crippen LogP contribution in [0.15, 0.2) is 65.7 Å². The van der Waals surface area contributed by atoms with Crippen LogP contribution in [0.3, 0.4) is 0 Å².